The van der Waals surface area contributed by atoms with Crippen molar-refractivity contribution in [2.24, 2.45) is 5.73 Å². The fourth-order valence-corrected chi connectivity index (χ4v) is 0.481. The molecule has 0 aromatic heterocycles. The van der Waals surface area contributed by atoms with E-state index in [9.17, 15) is 4.39 Å². The molecule has 0 saturated heterocycles. The number of aliphatic hydroxyl groups is 1. The molecule has 0 heterocycles. The summed E-state index contributed by atoms with van der Waals surface area (Å²) >= 11 is 0. The lowest BCUT2D eigenvalue weighted by molar-refractivity contribution is 0.00771. The Balaban J connectivity index is 3.80. The molecule has 56 valence electrons. The SMILES string of the molecule is CCC(C)(F)C(O)CN. The molecule has 9 heavy (non-hydrogen) atoms. The molecule has 0 radical (unpaired) electrons. The van der Waals surface area contributed by atoms with Gasteiger partial charge in [-0.2, -0.15) is 0 Å². The second-order valence-corrected chi connectivity index (χ2v) is 2.38. The molecular formula is C6H14FNO. The van der Waals surface area contributed by atoms with Gasteiger partial charge in [0.25, 0.3) is 0 Å². The molecule has 0 amide bonds. The van der Waals surface area contributed by atoms with Crippen LogP contribution in [0.15, 0.2) is 0 Å². The van der Waals surface area contributed by atoms with Gasteiger partial charge in [-0.3, -0.25) is 0 Å². The predicted octanol–water partition coefficient (Wildman–Crippen LogP) is 0.444. The monoisotopic (exact) mass is 135 g/mol. The van der Waals surface area contributed by atoms with Crippen molar-refractivity contribution in [2.75, 3.05) is 6.54 Å². The van der Waals surface area contributed by atoms with E-state index in [1.807, 2.05) is 0 Å². The number of rotatable bonds is 3. The molecule has 0 spiro atoms. The van der Waals surface area contributed by atoms with Gasteiger partial charge in [0.05, 0.1) is 6.10 Å². The van der Waals surface area contributed by atoms with Crippen LogP contribution in [-0.2, 0) is 0 Å². The van der Waals surface area contributed by atoms with Gasteiger partial charge in [-0.1, -0.05) is 6.92 Å². The van der Waals surface area contributed by atoms with E-state index >= 15 is 0 Å². The van der Waals surface area contributed by atoms with Gasteiger partial charge in [0.1, 0.15) is 5.67 Å². The maximum Gasteiger partial charge on any atom is 0.134 e. The molecule has 0 saturated carbocycles. The molecule has 0 fully saturated rings. The summed E-state index contributed by atoms with van der Waals surface area (Å²) in [7, 11) is 0. The molecule has 2 atom stereocenters. The van der Waals surface area contributed by atoms with Crippen molar-refractivity contribution in [3.05, 3.63) is 0 Å². The van der Waals surface area contributed by atoms with Crippen molar-refractivity contribution >= 4 is 0 Å². The fraction of sp³-hybridized carbons (Fsp3) is 1.00. The highest BCUT2D eigenvalue weighted by Crippen LogP contribution is 2.18. The van der Waals surface area contributed by atoms with Crippen molar-refractivity contribution in [1.29, 1.82) is 0 Å². The van der Waals surface area contributed by atoms with Crippen LogP contribution in [0.3, 0.4) is 0 Å². The Morgan fingerprint density at radius 2 is 2.22 bits per heavy atom. The minimum absolute atomic E-state index is 0.0131. The zero-order valence-electron chi connectivity index (χ0n) is 5.89. The lowest BCUT2D eigenvalue weighted by Gasteiger charge is -2.23. The van der Waals surface area contributed by atoms with Crippen molar-refractivity contribution in [3.8, 4) is 0 Å². The number of nitrogens with two attached hydrogens (primary N) is 1. The summed E-state index contributed by atoms with van der Waals surface area (Å²) in [4.78, 5) is 0. The number of hydrogen-bond donors (Lipinski definition) is 2. The predicted molar refractivity (Wildman–Crippen MR) is 34.9 cm³/mol. The van der Waals surface area contributed by atoms with Crippen LogP contribution in [0.1, 0.15) is 20.3 Å². The average molecular weight is 135 g/mol. The summed E-state index contributed by atoms with van der Waals surface area (Å²) in [5, 5.41) is 8.89. The van der Waals surface area contributed by atoms with E-state index in [1.165, 1.54) is 6.92 Å². The van der Waals surface area contributed by atoms with Crippen LogP contribution in [0, 0.1) is 0 Å². The highest BCUT2D eigenvalue weighted by atomic mass is 19.1. The van der Waals surface area contributed by atoms with Gasteiger partial charge in [-0.25, -0.2) is 4.39 Å². The molecular weight excluding hydrogens is 121 g/mol. The lowest BCUT2D eigenvalue weighted by atomic mass is 9.99. The van der Waals surface area contributed by atoms with E-state index in [0.717, 1.165) is 0 Å². The van der Waals surface area contributed by atoms with E-state index in [0.29, 0.717) is 6.42 Å². The van der Waals surface area contributed by atoms with Crippen LogP contribution < -0.4 is 5.73 Å². The maximum atomic E-state index is 12.9. The first-order valence-corrected chi connectivity index (χ1v) is 3.11. The smallest absolute Gasteiger partial charge is 0.134 e. The Labute approximate surface area is 54.9 Å². The summed E-state index contributed by atoms with van der Waals surface area (Å²) in [5.41, 5.74) is 3.52. The fourth-order valence-electron chi connectivity index (χ4n) is 0.481. The van der Waals surface area contributed by atoms with E-state index in [1.54, 1.807) is 6.92 Å². The Morgan fingerprint density at radius 1 is 1.78 bits per heavy atom. The molecule has 2 unspecified atom stereocenters. The van der Waals surface area contributed by atoms with Crippen molar-refractivity contribution in [3.63, 3.8) is 0 Å². The van der Waals surface area contributed by atoms with Crippen molar-refractivity contribution in [2.45, 2.75) is 32.0 Å². The maximum absolute atomic E-state index is 12.9. The number of hydrogen-bond acceptors (Lipinski definition) is 2. The van der Waals surface area contributed by atoms with Crippen molar-refractivity contribution in [1.82, 2.24) is 0 Å². The molecule has 0 aromatic carbocycles. The first-order valence-electron chi connectivity index (χ1n) is 3.11. The third-order valence-corrected chi connectivity index (χ3v) is 1.61. The Hall–Kier alpha value is -0.150. The molecule has 0 aliphatic carbocycles. The third kappa shape index (κ3) is 2.28. The molecule has 2 nitrogen and oxygen atoms in total. The van der Waals surface area contributed by atoms with Gasteiger partial charge in [-0.15, -0.1) is 0 Å². The van der Waals surface area contributed by atoms with Gasteiger partial charge in [0.15, 0.2) is 0 Å². The van der Waals surface area contributed by atoms with E-state index in [4.69, 9.17) is 10.8 Å². The van der Waals surface area contributed by atoms with Crippen LogP contribution in [0.2, 0.25) is 0 Å². The van der Waals surface area contributed by atoms with Crippen LogP contribution in [0.4, 0.5) is 4.39 Å². The van der Waals surface area contributed by atoms with Gasteiger partial charge in [0.2, 0.25) is 0 Å². The topological polar surface area (TPSA) is 46.2 Å². The van der Waals surface area contributed by atoms with E-state index in [2.05, 4.69) is 0 Å². The van der Waals surface area contributed by atoms with Crippen molar-refractivity contribution < 1.29 is 9.50 Å². The minimum Gasteiger partial charge on any atom is -0.388 e. The standard InChI is InChI=1S/C6H14FNO/c1-3-6(2,7)5(9)4-8/h5,9H,3-4,8H2,1-2H3. The number of halogens is 1. The number of aliphatic hydroxyl groups excluding tert-OH is 1. The van der Waals surface area contributed by atoms with Crippen LogP contribution >= 0.6 is 0 Å². The molecule has 0 aromatic rings. The van der Waals surface area contributed by atoms with Gasteiger partial charge in [-0.05, 0) is 13.3 Å². The Morgan fingerprint density at radius 3 is 2.33 bits per heavy atom. The molecule has 0 aliphatic heterocycles. The highest BCUT2D eigenvalue weighted by Gasteiger charge is 2.29. The summed E-state index contributed by atoms with van der Waals surface area (Å²) in [6, 6.07) is 0. The van der Waals surface area contributed by atoms with Gasteiger partial charge >= 0.3 is 0 Å². The normalized spacial score (nSPS) is 21.0. The molecule has 0 bridgehead atoms. The quantitative estimate of drug-likeness (QED) is 0.590. The Kier molecular flexibility index (Phi) is 3.08. The zero-order chi connectivity index (χ0) is 7.49. The summed E-state index contributed by atoms with van der Waals surface area (Å²) in [5.74, 6) is 0. The third-order valence-electron chi connectivity index (χ3n) is 1.61. The summed E-state index contributed by atoms with van der Waals surface area (Å²) < 4.78 is 12.9. The first kappa shape index (κ1) is 8.85. The Bertz CT molecular complexity index is 85.1. The first-order chi connectivity index (χ1) is 4.04. The van der Waals surface area contributed by atoms with Gasteiger partial charge in [0, 0.05) is 6.54 Å². The lowest BCUT2D eigenvalue weighted by Crippen LogP contribution is -2.39. The number of alkyl halides is 1. The van der Waals surface area contributed by atoms with Crippen LogP contribution in [0.5, 0.6) is 0 Å². The summed E-state index contributed by atoms with van der Waals surface area (Å²) in [6.45, 7) is 3.02. The second kappa shape index (κ2) is 3.13. The molecule has 0 aliphatic rings. The zero-order valence-corrected chi connectivity index (χ0v) is 5.89. The average Bonchev–Trinajstić information content (AvgIpc) is 1.86. The summed E-state index contributed by atoms with van der Waals surface area (Å²) in [6.07, 6.45) is -0.728. The molecule has 3 heteroatoms. The highest BCUT2D eigenvalue weighted by molar-refractivity contribution is 4.80. The second-order valence-electron chi connectivity index (χ2n) is 2.38. The molecule has 3 N–H and O–H groups in total. The van der Waals surface area contributed by atoms with Gasteiger partial charge < -0.3 is 10.8 Å². The van der Waals surface area contributed by atoms with Crippen LogP contribution in [0.25, 0.3) is 0 Å². The van der Waals surface area contributed by atoms with E-state index in [-0.39, 0.29) is 6.54 Å². The largest absolute Gasteiger partial charge is 0.388 e. The van der Waals surface area contributed by atoms with Crippen LogP contribution in [-0.4, -0.2) is 23.4 Å². The molecule has 0 rings (SSSR count). The van der Waals surface area contributed by atoms with E-state index < -0.39 is 11.8 Å². The minimum atomic E-state index is -1.52.